The molecule has 8 heteroatoms. The van der Waals surface area contributed by atoms with E-state index in [1.165, 1.54) is 0 Å². The summed E-state index contributed by atoms with van der Waals surface area (Å²) in [5.74, 6) is 0.0389. The van der Waals surface area contributed by atoms with Crippen LogP contribution in [0.3, 0.4) is 0 Å². The zero-order chi connectivity index (χ0) is 16.8. The minimum absolute atomic E-state index is 0.0389. The molecule has 0 spiro atoms. The van der Waals surface area contributed by atoms with Crippen molar-refractivity contribution >= 4 is 23.6 Å². The molecule has 7 nitrogen and oxygen atoms in total. The highest BCUT2D eigenvalue weighted by molar-refractivity contribution is 6.29. The first kappa shape index (κ1) is 17.6. The van der Waals surface area contributed by atoms with Gasteiger partial charge in [-0.15, -0.1) is 0 Å². The Kier molecular flexibility index (Phi) is 6.27. The Bertz CT molecular complexity index is 541. The second-order valence-corrected chi connectivity index (χ2v) is 5.91. The highest BCUT2D eigenvalue weighted by Crippen LogP contribution is 2.21. The fourth-order valence-electron chi connectivity index (χ4n) is 2.69. The largest absolute Gasteiger partial charge is 0.450 e. The van der Waals surface area contributed by atoms with Crippen LogP contribution < -0.4 is 5.32 Å². The fraction of sp³-hybridized carbons (Fsp3) is 0.667. The van der Waals surface area contributed by atoms with Crippen LogP contribution in [0.1, 0.15) is 37.4 Å². The summed E-state index contributed by atoms with van der Waals surface area (Å²) < 4.78 is 9.76. The van der Waals surface area contributed by atoms with E-state index in [1.807, 2.05) is 0 Å². The van der Waals surface area contributed by atoms with Gasteiger partial charge in [-0.3, -0.25) is 4.79 Å². The lowest BCUT2D eigenvalue weighted by molar-refractivity contribution is -0.132. The molecule has 0 unspecified atom stereocenters. The second-order valence-electron chi connectivity index (χ2n) is 5.56. The van der Waals surface area contributed by atoms with Crippen LogP contribution in [-0.2, 0) is 16.0 Å². The Morgan fingerprint density at radius 1 is 1.52 bits per heavy atom. The minimum Gasteiger partial charge on any atom is -0.450 e. The maximum absolute atomic E-state index is 12.4. The van der Waals surface area contributed by atoms with E-state index < -0.39 is 6.09 Å². The van der Waals surface area contributed by atoms with Crippen LogP contribution in [0.4, 0.5) is 4.79 Å². The smallest absolute Gasteiger partial charge is 0.407 e. The van der Waals surface area contributed by atoms with Gasteiger partial charge in [0.25, 0.3) is 0 Å². The van der Waals surface area contributed by atoms with Crippen LogP contribution in [0, 0.1) is 6.92 Å². The molecule has 0 bridgehead atoms. The second kappa shape index (κ2) is 8.19. The molecule has 2 amide bonds. The average Bonchev–Trinajstić information content (AvgIpc) is 2.84. The zero-order valence-corrected chi connectivity index (χ0v) is 14.2. The monoisotopic (exact) mass is 343 g/mol. The zero-order valence-electron chi connectivity index (χ0n) is 13.4. The predicted molar refractivity (Wildman–Crippen MR) is 84.3 cm³/mol. The molecular weight excluding hydrogens is 322 g/mol. The maximum Gasteiger partial charge on any atom is 0.407 e. The summed E-state index contributed by atoms with van der Waals surface area (Å²) in [6, 6.07) is -0.0623. The van der Waals surface area contributed by atoms with E-state index in [0.717, 1.165) is 18.4 Å². The molecule has 0 aromatic carbocycles. The molecule has 23 heavy (non-hydrogen) atoms. The first-order chi connectivity index (χ1) is 11.0. The molecule has 1 aliphatic heterocycles. The van der Waals surface area contributed by atoms with Crippen molar-refractivity contribution in [3.8, 4) is 0 Å². The summed E-state index contributed by atoms with van der Waals surface area (Å²) in [5, 5.41) is 6.81. The molecule has 0 radical (unpaired) electrons. The topological polar surface area (TPSA) is 84.7 Å². The molecule has 2 heterocycles. The van der Waals surface area contributed by atoms with Crippen molar-refractivity contribution in [1.29, 1.82) is 0 Å². The van der Waals surface area contributed by atoms with Gasteiger partial charge in [0.2, 0.25) is 11.1 Å². The number of likely N-dealkylation sites (tertiary alicyclic amines) is 1. The lowest BCUT2D eigenvalue weighted by Gasteiger charge is -2.33. The molecule has 128 valence electrons. The number of amides is 2. The van der Waals surface area contributed by atoms with Crippen molar-refractivity contribution in [2.24, 2.45) is 0 Å². The summed E-state index contributed by atoms with van der Waals surface area (Å²) in [4.78, 5) is 25.6. The predicted octanol–water partition coefficient (Wildman–Crippen LogP) is 2.31. The molecule has 1 fully saturated rings. The summed E-state index contributed by atoms with van der Waals surface area (Å²) in [6.07, 6.45) is 2.11. The Morgan fingerprint density at radius 2 is 2.30 bits per heavy atom. The molecule has 1 aromatic rings. The van der Waals surface area contributed by atoms with Gasteiger partial charge in [-0.25, -0.2) is 4.79 Å². The molecule has 0 aliphatic carbocycles. The van der Waals surface area contributed by atoms with Crippen LogP contribution in [0.25, 0.3) is 0 Å². The van der Waals surface area contributed by atoms with E-state index in [4.69, 9.17) is 20.9 Å². The van der Waals surface area contributed by atoms with Gasteiger partial charge in [0, 0.05) is 31.1 Å². The SMILES string of the molecule is CCOC(=O)N[C@@H]1CCCN(C(=O)CCc2c(C)noc2Cl)C1. The van der Waals surface area contributed by atoms with E-state index in [-0.39, 0.29) is 17.2 Å². The highest BCUT2D eigenvalue weighted by atomic mass is 35.5. The van der Waals surface area contributed by atoms with Crippen LogP contribution in [-0.4, -0.2) is 47.8 Å². The van der Waals surface area contributed by atoms with Gasteiger partial charge < -0.3 is 19.5 Å². The number of nitrogens with zero attached hydrogens (tertiary/aromatic N) is 2. The van der Waals surface area contributed by atoms with E-state index in [1.54, 1.807) is 18.7 Å². The normalized spacial score (nSPS) is 17.9. The Balaban J connectivity index is 1.83. The van der Waals surface area contributed by atoms with Gasteiger partial charge in [0.1, 0.15) is 0 Å². The molecule has 2 rings (SSSR count). The number of hydrogen-bond acceptors (Lipinski definition) is 5. The third kappa shape index (κ3) is 4.86. The number of carbonyl (C=O) groups excluding carboxylic acids is 2. The van der Waals surface area contributed by atoms with Crippen molar-refractivity contribution in [3.63, 3.8) is 0 Å². The van der Waals surface area contributed by atoms with Crippen LogP contribution in [0.2, 0.25) is 5.22 Å². The van der Waals surface area contributed by atoms with Crippen molar-refractivity contribution in [2.45, 2.75) is 45.6 Å². The number of aromatic nitrogens is 1. The first-order valence-corrected chi connectivity index (χ1v) is 8.20. The summed E-state index contributed by atoms with van der Waals surface area (Å²) >= 11 is 5.91. The minimum atomic E-state index is -0.432. The molecular formula is C15H22ClN3O4. The Hall–Kier alpha value is -1.76. The number of alkyl carbamates (subject to hydrolysis) is 1. The third-order valence-electron chi connectivity index (χ3n) is 3.90. The molecule has 1 aliphatic rings. The van der Waals surface area contributed by atoms with Gasteiger partial charge in [0.15, 0.2) is 0 Å². The number of halogens is 1. The number of piperidine rings is 1. The number of hydrogen-bond donors (Lipinski definition) is 1. The summed E-state index contributed by atoms with van der Waals surface area (Å²) in [6.45, 7) is 5.10. The van der Waals surface area contributed by atoms with Crippen molar-refractivity contribution in [1.82, 2.24) is 15.4 Å². The summed E-state index contributed by atoms with van der Waals surface area (Å²) in [5.41, 5.74) is 1.49. The van der Waals surface area contributed by atoms with Crippen molar-refractivity contribution in [3.05, 3.63) is 16.5 Å². The van der Waals surface area contributed by atoms with Gasteiger partial charge in [-0.2, -0.15) is 0 Å². The summed E-state index contributed by atoms with van der Waals surface area (Å²) in [7, 11) is 0. The first-order valence-electron chi connectivity index (χ1n) is 7.83. The average molecular weight is 344 g/mol. The van der Waals surface area contributed by atoms with E-state index in [0.29, 0.717) is 38.2 Å². The van der Waals surface area contributed by atoms with E-state index in [2.05, 4.69) is 10.5 Å². The van der Waals surface area contributed by atoms with Crippen molar-refractivity contribution in [2.75, 3.05) is 19.7 Å². The number of ether oxygens (including phenoxy) is 1. The molecule has 0 saturated carbocycles. The molecule has 1 saturated heterocycles. The quantitative estimate of drug-likeness (QED) is 0.886. The molecule has 1 aromatic heterocycles. The van der Waals surface area contributed by atoms with Gasteiger partial charge in [-0.05, 0) is 44.7 Å². The van der Waals surface area contributed by atoms with E-state index >= 15 is 0 Å². The molecule has 1 N–H and O–H groups in total. The van der Waals surface area contributed by atoms with E-state index in [9.17, 15) is 9.59 Å². The van der Waals surface area contributed by atoms with Crippen LogP contribution in [0.5, 0.6) is 0 Å². The lowest BCUT2D eigenvalue weighted by atomic mass is 10.0. The van der Waals surface area contributed by atoms with Gasteiger partial charge in [0.05, 0.1) is 12.3 Å². The van der Waals surface area contributed by atoms with Crippen LogP contribution >= 0.6 is 11.6 Å². The number of rotatable bonds is 5. The number of carbonyl (C=O) groups is 2. The third-order valence-corrected chi connectivity index (χ3v) is 4.19. The van der Waals surface area contributed by atoms with Gasteiger partial charge >= 0.3 is 6.09 Å². The number of aryl methyl sites for hydroxylation is 1. The fourth-order valence-corrected chi connectivity index (χ4v) is 2.96. The Morgan fingerprint density at radius 3 is 2.96 bits per heavy atom. The number of nitrogens with one attached hydrogen (secondary N) is 1. The maximum atomic E-state index is 12.4. The molecule has 1 atom stereocenters. The van der Waals surface area contributed by atoms with Gasteiger partial charge in [-0.1, -0.05) is 5.16 Å². The Labute approximate surface area is 140 Å². The van der Waals surface area contributed by atoms with Crippen molar-refractivity contribution < 1.29 is 18.8 Å². The highest BCUT2D eigenvalue weighted by Gasteiger charge is 2.25. The standard InChI is InChI=1S/C15H22ClN3O4/c1-3-22-15(21)17-11-5-4-8-19(9-11)13(20)7-6-12-10(2)18-23-14(12)16/h11H,3-9H2,1-2H3,(H,17,21)/t11-/m1/s1. The van der Waals surface area contributed by atoms with Crippen LogP contribution in [0.15, 0.2) is 4.52 Å². The lowest BCUT2D eigenvalue weighted by Crippen LogP contribution is -2.49.